The van der Waals surface area contributed by atoms with E-state index in [0.29, 0.717) is 32.4 Å². The third-order valence-corrected chi connectivity index (χ3v) is 10.4. The fourth-order valence-corrected chi connectivity index (χ4v) is 7.70. The van der Waals surface area contributed by atoms with Crippen LogP contribution in [0, 0.1) is 12.8 Å². The zero-order chi connectivity index (χ0) is 30.8. The molecule has 3 aromatic rings. The number of nitrogens with zero attached hydrogens (tertiary/aromatic N) is 1. The molecule has 228 valence electrons. The number of aryl methyl sites for hydroxylation is 1. The van der Waals surface area contributed by atoms with Crippen LogP contribution in [0.2, 0.25) is 0 Å². The molecule has 0 aliphatic rings. The predicted molar refractivity (Wildman–Crippen MR) is 167 cm³/mol. The lowest BCUT2D eigenvalue weighted by Gasteiger charge is -2.30. The van der Waals surface area contributed by atoms with Gasteiger partial charge >= 0.3 is 0 Å². The number of carbonyl (C=O) groups is 1. The summed E-state index contributed by atoms with van der Waals surface area (Å²) in [5.41, 5.74) is 1.83. The van der Waals surface area contributed by atoms with Crippen LogP contribution >= 0.6 is 0 Å². The van der Waals surface area contributed by atoms with Crippen molar-refractivity contribution in [1.82, 2.24) is 14.3 Å². The third-order valence-electron chi connectivity index (χ3n) is 6.96. The van der Waals surface area contributed by atoms with Gasteiger partial charge in [0.25, 0.3) is 0 Å². The molecule has 3 aromatic carbocycles. The number of hydrogen-bond donors (Lipinski definition) is 2. The van der Waals surface area contributed by atoms with Gasteiger partial charge in [-0.2, -0.15) is 9.03 Å². The van der Waals surface area contributed by atoms with Gasteiger partial charge in [0.05, 0.1) is 9.79 Å². The summed E-state index contributed by atoms with van der Waals surface area (Å²) in [6.45, 7) is 8.60. The highest BCUT2D eigenvalue weighted by Crippen LogP contribution is 2.23. The summed E-state index contributed by atoms with van der Waals surface area (Å²) in [7, 11) is -7.55. The molecule has 1 amide bonds. The molecule has 0 unspecified atom stereocenters. The first kappa shape index (κ1) is 33.5. The normalized spacial score (nSPS) is 13.7. The Morgan fingerprint density at radius 3 is 1.98 bits per heavy atom. The van der Waals surface area contributed by atoms with Crippen LogP contribution in [-0.4, -0.2) is 52.2 Å². The zero-order valence-corrected chi connectivity index (χ0v) is 26.5. The van der Waals surface area contributed by atoms with Crippen molar-refractivity contribution in [3.05, 3.63) is 96.1 Å². The van der Waals surface area contributed by atoms with Gasteiger partial charge in [-0.25, -0.2) is 16.8 Å². The highest BCUT2D eigenvalue weighted by molar-refractivity contribution is 7.89. The Kier molecular flexibility index (Phi) is 12.3. The first-order valence-electron chi connectivity index (χ1n) is 14.4. The van der Waals surface area contributed by atoms with E-state index in [-0.39, 0.29) is 28.2 Å². The van der Waals surface area contributed by atoms with Crippen LogP contribution in [0.5, 0.6) is 0 Å². The van der Waals surface area contributed by atoms with E-state index in [0.717, 1.165) is 11.1 Å². The second-order valence-electron chi connectivity index (χ2n) is 11.1. The quantitative estimate of drug-likeness (QED) is 0.223. The summed E-state index contributed by atoms with van der Waals surface area (Å²) in [6, 6.07) is 22.9. The molecule has 0 heterocycles. The van der Waals surface area contributed by atoms with E-state index >= 15 is 0 Å². The van der Waals surface area contributed by atoms with Gasteiger partial charge in [0, 0.05) is 19.1 Å². The molecule has 0 saturated heterocycles. The molecule has 2 atom stereocenters. The van der Waals surface area contributed by atoms with Gasteiger partial charge in [-0.15, -0.1) is 0 Å². The minimum absolute atomic E-state index is 0.0939. The SMILES string of the molecule is Cc1ccc(S(=O)(=O)N(CC(C)C)[C@H](C)CCCCNC(=O)[C@H](Cc2ccccc2)NS(=O)(=O)c2ccccc2)cc1. The van der Waals surface area contributed by atoms with E-state index in [1.165, 1.54) is 12.1 Å². The maximum absolute atomic E-state index is 13.5. The number of benzene rings is 3. The molecule has 0 radical (unpaired) electrons. The molecule has 0 aliphatic heterocycles. The molecule has 8 nitrogen and oxygen atoms in total. The molecule has 0 spiro atoms. The van der Waals surface area contributed by atoms with Crippen LogP contribution < -0.4 is 10.0 Å². The van der Waals surface area contributed by atoms with Gasteiger partial charge in [-0.05, 0) is 68.9 Å². The standard InChI is InChI=1S/C32H43N3O5S2/c1-25(2)24-35(42(39,40)30-20-18-26(3)19-21-30)27(4)13-11-12-22-33-32(36)31(23-28-14-7-5-8-15-28)34-41(37,38)29-16-9-6-10-17-29/h5-10,14-21,25,27,31,34H,11-13,22-24H2,1-4H3,(H,33,36)/t27-,31+/m1/s1. The molecule has 0 fully saturated rings. The van der Waals surface area contributed by atoms with Crippen molar-refractivity contribution >= 4 is 26.0 Å². The number of carbonyl (C=O) groups excluding carboxylic acids is 1. The Morgan fingerprint density at radius 1 is 0.786 bits per heavy atom. The molecule has 0 aromatic heterocycles. The number of amides is 1. The van der Waals surface area contributed by atoms with Gasteiger partial charge in [0.1, 0.15) is 6.04 Å². The first-order valence-corrected chi connectivity index (χ1v) is 17.3. The van der Waals surface area contributed by atoms with Crippen molar-refractivity contribution in [3.63, 3.8) is 0 Å². The molecular formula is C32H43N3O5S2. The summed E-state index contributed by atoms with van der Waals surface area (Å²) in [6.07, 6.45) is 2.15. The average Bonchev–Trinajstić information content (AvgIpc) is 2.96. The lowest BCUT2D eigenvalue weighted by Crippen LogP contribution is -2.48. The van der Waals surface area contributed by atoms with Gasteiger partial charge in [-0.1, -0.05) is 86.5 Å². The largest absolute Gasteiger partial charge is 0.355 e. The van der Waals surface area contributed by atoms with Gasteiger partial charge in [0.2, 0.25) is 26.0 Å². The topological polar surface area (TPSA) is 113 Å². The van der Waals surface area contributed by atoms with Crippen molar-refractivity contribution in [2.75, 3.05) is 13.1 Å². The number of hydrogen-bond acceptors (Lipinski definition) is 5. The van der Waals surface area contributed by atoms with Crippen LogP contribution in [-0.2, 0) is 31.3 Å². The number of sulfonamides is 2. The van der Waals surface area contributed by atoms with Gasteiger partial charge in [0.15, 0.2) is 0 Å². The van der Waals surface area contributed by atoms with Gasteiger partial charge < -0.3 is 5.32 Å². The minimum Gasteiger partial charge on any atom is -0.355 e. The summed E-state index contributed by atoms with van der Waals surface area (Å²) in [4.78, 5) is 13.6. The summed E-state index contributed by atoms with van der Waals surface area (Å²) >= 11 is 0. The van der Waals surface area contributed by atoms with Crippen molar-refractivity contribution in [1.29, 1.82) is 0 Å². The molecule has 0 saturated carbocycles. The fourth-order valence-electron chi connectivity index (χ4n) is 4.66. The van der Waals surface area contributed by atoms with E-state index < -0.39 is 32.0 Å². The Labute approximate surface area is 251 Å². The molecule has 2 N–H and O–H groups in total. The van der Waals surface area contributed by atoms with Crippen molar-refractivity contribution in [3.8, 4) is 0 Å². The van der Waals surface area contributed by atoms with E-state index in [1.807, 2.05) is 58.0 Å². The highest BCUT2D eigenvalue weighted by atomic mass is 32.2. The maximum Gasteiger partial charge on any atom is 0.243 e. The van der Waals surface area contributed by atoms with E-state index in [9.17, 15) is 21.6 Å². The van der Waals surface area contributed by atoms with Crippen LogP contribution in [0.15, 0.2) is 94.7 Å². The van der Waals surface area contributed by atoms with Crippen LogP contribution in [0.4, 0.5) is 0 Å². The molecule has 10 heteroatoms. The second-order valence-corrected chi connectivity index (χ2v) is 14.7. The Balaban J connectivity index is 1.60. The lowest BCUT2D eigenvalue weighted by molar-refractivity contribution is -0.122. The summed E-state index contributed by atoms with van der Waals surface area (Å²) in [5.74, 6) is -0.247. The fraction of sp³-hybridized carbons (Fsp3) is 0.406. The smallest absolute Gasteiger partial charge is 0.243 e. The molecule has 3 rings (SSSR count). The Hall–Kier alpha value is -3.05. The summed E-state index contributed by atoms with van der Waals surface area (Å²) in [5, 5.41) is 2.88. The van der Waals surface area contributed by atoms with Crippen LogP contribution in [0.25, 0.3) is 0 Å². The molecule has 0 bridgehead atoms. The van der Waals surface area contributed by atoms with Crippen LogP contribution in [0.3, 0.4) is 0 Å². The Morgan fingerprint density at radius 2 is 1.38 bits per heavy atom. The first-order chi connectivity index (χ1) is 19.9. The second kappa shape index (κ2) is 15.4. The lowest BCUT2D eigenvalue weighted by atomic mass is 10.1. The molecule has 0 aliphatic carbocycles. The number of unbranched alkanes of at least 4 members (excludes halogenated alkanes) is 1. The number of nitrogens with one attached hydrogen (secondary N) is 2. The van der Waals surface area contributed by atoms with E-state index in [1.54, 1.807) is 46.8 Å². The number of rotatable bonds is 16. The van der Waals surface area contributed by atoms with Crippen molar-refractivity contribution < 1.29 is 21.6 Å². The van der Waals surface area contributed by atoms with E-state index in [4.69, 9.17) is 0 Å². The third kappa shape index (κ3) is 9.76. The molecular weight excluding hydrogens is 571 g/mol. The zero-order valence-electron chi connectivity index (χ0n) is 24.9. The van der Waals surface area contributed by atoms with E-state index in [2.05, 4.69) is 10.0 Å². The maximum atomic E-state index is 13.5. The Bertz CT molecular complexity index is 1480. The van der Waals surface area contributed by atoms with Gasteiger partial charge in [-0.3, -0.25) is 4.79 Å². The summed E-state index contributed by atoms with van der Waals surface area (Å²) < 4.78 is 57.0. The van der Waals surface area contributed by atoms with Crippen molar-refractivity contribution in [2.45, 2.75) is 75.3 Å². The van der Waals surface area contributed by atoms with Crippen molar-refractivity contribution in [2.24, 2.45) is 5.92 Å². The predicted octanol–water partition coefficient (Wildman–Crippen LogP) is 4.91. The van der Waals surface area contributed by atoms with Crippen LogP contribution in [0.1, 0.15) is 51.2 Å². The monoisotopic (exact) mass is 613 g/mol. The minimum atomic E-state index is -3.90. The molecule has 42 heavy (non-hydrogen) atoms. The average molecular weight is 614 g/mol. The highest BCUT2D eigenvalue weighted by Gasteiger charge is 2.30.